The third-order valence-corrected chi connectivity index (χ3v) is 1.88. The fraction of sp³-hybridized carbons (Fsp3) is 0.333. The van der Waals surface area contributed by atoms with Gasteiger partial charge in [-0.1, -0.05) is 42.5 Å². The molecule has 0 saturated heterocycles. The van der Waals surface area contributed by atoms with Gasteiger partial charge in [0.1, 0.15) is 0 Å². The Bertz CT molecular complexity index is 262. The number of rotatable bonds is 6. The molecule has 0 fully saturated rings. The second-order valence-corrected chi connectivity index (χ2v) is 3.09. The summed E-state index contributed by atoms with van der Waals surface area (Å²) in [6, 6.07) is 10.2. The van der Waals surface area contributed by atoms with Crippen molar-refractivity contribution in [2.45, 2.75) is 6.42 Å². The molecule has 0 aliphatic heterocycles. The summed E-state index contributed by atoms with van der Waals surface area (Å²) >= 11 is 0. The predicted octanol–water partition coefficient (Wildman–Crippen LogP) is 2.09. The van der Waals surface area contributed by atoms with E-state index < -0.39 is 0 Å². The number of hydrogen-bond donors (Lipinski definition) is 2. The summed E-state index contributed by atoms with van der Waals surface area (Å²) in [5, 5.41) is 11.8. The van der Waals surface area contributed by atoms with Crippen LogP contribution >= 0.6 is 12.4 Å². The third kappa shape index (κ3) is 7.14. The van der Waals surface area contributed by atoms with E-state index in [9.17, 15) is 0 Å². The first-order valence-corrected chi connectivity index (χ1v) is 4.96. The molecule has 0 bridgehead atoms. The molecular weight excluding hydrogens is 210 g/mol. The lowest BCUT2D eigenvalue weighted by Crippen LogP contribution is -2.15. The van der Waals surface area contributed by atoms with Gasteiger partial charge in [0.05, 0.1) is 0 Å². The van der Waals surface area contributed by atoms with E-state index in [4.69, 9.17) is 5.11 Å². The highest BCUT2D eigenvalue weighted by atomic mass is 35.5. The molecule has 2 N–H and O–H groups in total. The van der Waals surface area contributed by atoms with Gasteiger partial charge in [-0.05, 0) is 18.5 Å². The quantitative estimate of drug-likeness (QED) is 0.730. The molecule has 1 aromatic carbocycles. The highest BCUT2D eigenvalue weighted by Gasteiger charge is 1.84. The fourth-order valence-corrected chi connectivity index (χ4v) is 1.15. The van der Waals surface area contributed by atoms with Crippen molar-refractivity contribution in [2.24, 2.45) is 0 Å². The number of aliphatic hydroxyl groups excluding tert-OH is 1. The molecule has 0 aromatic heterocycles. The van der Waals surface area contributed by atoms with E-state index >= 15 is 0 Å². The van der Waals surface area contributed by atoms with Crippen LogP contribution in [0.15, 0.2) is 36.4 Å². The molecule has 1 rings (SSSR count). The van der Waals surface area contributed by atoms with Crippen molar-refractivity contribution >= 4 is 18.5 Å². The predicted molar refractivity (Wildman–Crippen MR) is 67.3 cm³/mol. The molecule has 0 unspecified atom stereocenters. The number of aliphatic hydroxyl groups is 1. The van der Waals surface area contributed by atoms with Crippen LogP contribution in [0.2, 0.25) is 0 Å². The average molecular weight is 228 g/mol. The van der Waals surface area contributed by atoms with E-state index in [1.165, 1.54) is 5.56 Å². The Hall–Kier alpha value is -0.830. The summed E-state index contributed by atoms with van der Waals surface area (Å²) in [6.07, 6.45) is 5.00. The van der Waals surface area contributed by atoms with Gasteiger partial charge in [0, 0.05) is 13.2 Å². The van der Waals surface area contributed by atoms with E-state index in [2.05, 4.69) is 29.6 Å². The number of benzene rings is 1. The van der Waals surface area contributed by atoms with Crippen molar-refractivity contribution in [1.82, 2.24) is 5.32 Å². The Morgan fingerprint density at radius 1 is 1.20 bits per heavy atom. The number of halogens is 1. The van der Waals surface area contributed by atoms with E-state index in [-0.39, 0.29) is 19.0 Å². The van der Waals surface area contributed by atoms with Crippen LogP contribution in [-0.2, 0) is 0 Å². The Morgan fingerprint density at radius 3 is 2.60 bits per heavy atom. The second kappa shape index (κ2) is 9.71. The van der Waals surface area contributed by atoms with Gasteiger partial charge in [0.2, 0.25) is 0 Å². The molecule has 0 aliphatic rings. The maximum Gasteiger partial charge on any atom is 0.0443 e. The summed E-state index contributed by atoms with van der Waals surface area (Å²) in [7, 11) is 0. The summed E-state index contributed by atoms with van der Waals surface area (Å²) in [4.78, 5) is 0. The maximum absolute atomic E-state index is 8.54. The van der Waals surface area contributed by atoms with Crippen LogP contribution in [0, 0.1) is 0 Å². The highest BCUT2D eigenvalue weighted by Crippen LogP contribution is 1.99. The van der Waals surface area contributed by atoms with Gasteiger partial charge in [-0.3, -0.25) is 0 Å². The van der Waals surface area contributed by atoms with Crippen LogP contribution in [0.3, 0.4) is 0 Å². The highest BCUT2D eigenvalue weighted by molar-refractivity contribution is 5.85. The summed E-state index contributed by atoms with van der Waals surface area (Å²) in [6.45, 7) is 1.99. The SMILES string of the molecule is Cl.OCCCNCC=Cc1ccccc1. The van der Waals surface area contributed by atoms with E-state index in [1.54, 1.807) is 0 Å². The van der Waals surface area contributed by atoms with Crippen LogP contribution in [-0.4, -0.2) is 24.8 Å². The maximum atomic E-state index is 8.54. The standard InChI is InChI=1S/C12H17NO.ClH/c14-11-5-10-13-9-4-8-12-6-2-1-3-7-12;/h1-4,6-8,13-14H,5,9-11H2;1H. The Labute approximate surface area is 97.4 Å². The average Bonchev–Trinajstić information content (AvgIpc) is 2.25. The fourth-order valence-electron chi connectivity index (χ4n) is 1.15. The van der Waals surface area contributed by atoms with Gasteiger partial charge < -0.3 is 10.4 Å². The Kier molecular flexibility index (Phi) is 9.18. The van der Waals surface area contributed by atoms with Gasteiger partial charge in [0.25, 0.3) is 0 Å². The first-order valence-electron chi connectivity index (χ1n) is 4.96. The van der Waals surface area contributed by atoms with Gasteiger partial charge in [-0.25, -0.2) is 0 Å². The molecule has 0 heterocycles. The first kappa shape index (κ1) is 14.2. The monoisotopic (exact) mass is 227 g/mol. The molecule has 0 spiro atoms. The zero-order valence-corrected chi connectivity index (χ0v) is 9.54. The van der Waals surface area contributed by atoms with Crippen molar-refractivity contribution in [3.63, 3.8) is 0 Å². The second-order valence-electron chi connectivity index (χ2n) is 3.09. The molecule has 0 atom stereocenters. The van der Waals surface area contributed by atoms with Crippen molar-refractivity contribution < 1.29 is 5.11 Å². The lowest BCUT2D eigenvalue weighted by molar-refractivity contribution is 0.287. The third-order valence-electron chi connectivity index (χ3n) is 1.88. The Balaban J connectivity index is 0.00000196. The minimum absolute atomic E-state index is 0. The molecular formula is C12H18ClNO. The van der Waals surface area contributed by atoms with E-state index in [0.29, 0.717) is 0 Å². The van der Waals surface area contributed by atoms with Gasteiger partial charge in [0.15, 0.2) is 0 Å². The normalized spacial score (nSPS) is 10.2. The summed E-state index contributed by atoms with van der Waals surface area (Å²) in [5.41, 5.74) is 1.22. The number of nitrogens with one attached hydrogen (secondary N) is 1. The van der Waals surface area contributed by atoms with Crippen molar-refractivity contribution in [3.8, 4) is 0 Å². The Morgan fingerprint density at radius 2 is 1.93 bits per heavy atom. The molecule has 1 aromatic rings. The van der Waals surface area contributed by atoms with Gasteiger partial charge >= 0.3 is 0 Å². The molecule has 2 nitrogen and oxygen atoms in total. The van der Waals surface area contributed by atoms with Crippen LogP contribution in [0.1, 0.15) is 12.0 Å². The molecule has 0 aliphatic carbocycles. The molecule has 84 valence electrons. The molecule has 0 radical (unpaired) electrons. The topological polar surface area (TPSA) is 32.3 Å². The van der Waals surface area contributed by atoms with Crippen LogP contribution < -0.4 is 5.32 Å². The van der Waals surface area contributed by atoms with Crippen LogP contribution in [0.4, 0.5) is 0 Å². The lowest BCUT2D eigenvalue weighted by atomic mass is 10.2. The number of hydrogen-bond acceptors (Lipinski definition) is 2. The van der Waals surface area contributed by atoms with E-state index in [1.807, 2.05) is 18.2 Å². The first-order chi connectivity index (χ1) is 6.93. The lowest BCUT2D eigenvalue weighted by Gasteiger charge is -1.97. The molecule has 0 amide bonds. The summed E-state index contributed by atoms with van der Waals surface area (Å²) in [5.74, 6) is 0. The minimum Gasteiger partial charge on any atom is -0.396 e. The van der Waals surface area contributed by atoms with Crippen molar-refractivity contribution in [2.75, 3.05) is 19.7 Å². The van der Waals surface area contributed by atoms with Crippen molar-refractivity contribution in [3.05, 3.63) is 42.0 Å². The minimum atomic E-state index is 0. The zero-order chi connectivity index (χ0) is 10.1. The van der Waals surface area contributed by atoms with E-state index in [0.717, 1.165) is 19.5 Å². The van der Waals surface area contributed by atoms with Crippen LogP contribution in [0.5, 0.6) is 0 Å². The van der Waals surface area contributed by atoms with Gasteiger partial charge in [-0.2, -0.15) is 0 Å². The van der Waals surface area contributed by atoms with Crippen LogP contribution in [0.25, 0.3) is 6.08 Å². The molecule has 15 heavy (non-hydrogen) atoms. The smallest absolute Gasteiger partial charge is 0.0443 e. The van der Waals surface area contributed by atoms with Gasteiger partial charge in [-0.15, -0.1) is 12.4 Å². The molecule has 3 heteroatoms. The molecule has 0 saturated carbocycles. The van der Waals surface area contributed by atoms with Crippen molar-refractivity contribution in [1.29, 1.82) is 0 Å². The largest absolute Gasteiger partial charge is 0.396 e. The summed E-state index contributed by atoms with van der Waals surface area (Å²) < 4.78 is 0. The zero-order valence-electron chi connectivity index (χ0n) is 8.73.